The van der Waals surface area contributed by atoms with Gasteiger partial charge >= 0.3 is 0 Å². The fraction of sp³-hybridized carbons (Fsp3) is 1.00. The van der Waals surface area contributed by atoms with E-state index in [0.29, 0.717) is 6.10 Å². The molecule has 1 aliphatic carbocycles. The maximum Gasteiger partial charge on any atom is 0.154 e. The third-order valence-electron chi connectivity index (χ3n) is 3.96. The first-order chi connectivity index (χ1) is 8.83. The molecule has 1 fully saturated rings. The molecule has 0 bridgehead atoms. The zero-order valence-corrected chi connectivity index (χ0v) is 12.2. The van der Waals surface area contributed by atoms with Crippen molar-refractivity contribution in [3.63, 3.8) is 0 Å². The van der Waals surface area contributed by atoms with Gasteiger partial charge in [-0.05, 0) is 25.7 Å². The van der Waals surface area contributed by atoms with Crippen LogP contribution < -0.4 is 0 Å². The minimum atomic E-state index is -0.510. The first-order valence-electron chi connectivity index (χ1n) is 8.16. The van der Waals surface area contributed by atoms with Crippen molar-refractivity contribution in [2.75, 3.05) is 0 Å². The smallest absolute Gasteiger partial charge is 0.154 e. The molecular formula is C16H32O2. The topological polar surface area (TPSA) is 29.5 Å². The molecule has 0 aliphatic heterocycles. The van der Waals surface area contributed by atoms with E-state index in [4.69, 9.17) is 4.74 Å². The van der Waals surface area contributed by atoms with E-state index >= 15 is 0 Å². The molecule has 0 spiro atoms. The molecule has 1 unspecified atom stereocenters. The van der Waals surface area contributed by atoms with Crippen molar-refractivity contribution in [1.82, 2.24) is 0 Å². The van der Waals surface area contributed by atoms with Crippen LogP contribution in [0.25, 0.3) is 0 Å². The average molecular weight is 256 g/mol. The van der Waals surface area contributed by atoms with E-state index in [1.54, 1.807) is 0 Å². The van der Waals surface area contributed by atoms with Crippen molar-refractivity contribution >= 4 is 0 Å². The zero-order chi connectivity index (χ0) is 13.1. The van der Waals surface area contributed by atoms with Crippen molar-refractivity contribution in [3.05, 3.63) is 0 Å². The molecule has 0 heterocycles. The lowest BCUT2D eigenvalue weighted by Gasteiger charge is -2.24. The standard InChI is InChI=1S/C16H32O2/c1-2-3-4-5-6-7-11-14-16(17)18-15-12-9-8-10-13-15/h15-17H,2-14H2,1H3. The molecular weight excluding hydrogens is 224 g/mol. The highest BCUT2D eigenvalue weighted by Crippen LogP contribution is 2.22. The van der Waals surface area contributed by atoms with Crippen LogP contribution in [0.1, 0.15) is 90.4 Å². The third kappa shape index (κ3) is 8.10. The van der Waals surface area contributed by atoms with Crippen LogP contribution in [0.5, 0.6) is 0 Å². The van der Waals surface area contributed by atoms with Crippen LogP contribution in [0.15, 0.2) is 0 Å². The fourth-order valence-electron chi connectivity index (χ4n) is 2.77. The molecule has 108 valence electrons. The Kier molecular flexibility index (Phi) is 9.59. The fourth-order valence-corrected chi connectivity index (χ4v) is 2.77. The van der Waals surface area contributed by atoms with Crippen molar-refractivity contribution < 1.29 is 9.84 Å². The van der Waals surface area contributed by atoms with Gasteiger partial charge < -0.3 is 9.84 Å². The predicted octanol–water partition coefficient (Wildman–Crippen LogP) is 4.79. The molecule has 0 amide bonds. The summed E-state index contributed by atoms with van der Waals surface area (Å²) in [4.78, 5) is 0. The number of aliphatic hydroxyl groups excluding tert-OH is 1. The van der Waals surface area contributed by atoms with Crippen LogP contribution in [0.4, 0.5) is 0 Å². The summed E-state index contributed by atoms with van der Waals surface area (Å²) in [5, 5.41) is 9.82. The first kappa shape index (κ1) is 16.0. The maximum absolute atomic E-state index is 9.82. The summed E-state index contributed by atoms with van der Waals surface area (Å²) >= 11 is 0. The molecule has 0 saturated heterocycles. The Morgan fingerprint density at radius 2 is 1.56 bits per heavy atom. The van der Waals surface area contributed by atoms with Crippen LogP contribution in [0, 0.1) is 0 Å². The van der Waals surface area contributed by atoms with Crippen LogP contribution in [0.2, 0.25) is 0 Å². The van der Waals surface area contributed by atoms with E-state index in [2.05, 4.69) is 6.92 Å². The zero-order valence-electron chi connectivity index (χ0n) is 12.2. The van der Waals surface area contributed by atoms with Gasteiger partial charge in [-0.25, -0.2) is 0 Å². The summed E-state index contributed by atoms with van der Waals surface area (Å²) in [6, 6.07) is 0. The quantitative estimate of drug-likeness (QED) is 0.449. The SMILES string of the molecule is CCCCCCCCCC(O)OC1CCCCC1. The lowest BCUT2D eigenvalue weighted by molar-refractivity contribution is -0.147. The van der Waals surface area contributed by atoms with E-state index in [1.807, 2.05) is 0 Å². The molecule has 1 saturated carbocycles. The molecule has 1 aliphatic rings. The third-order valence-corrected chi connectivity index (χ3v) is 3.96. The summed E-state index contributed by atoms with van der Waals surface area (Å²) in [7, 11) is 0. The van der Waals surface area contributed by atoms with Crippen molar-refractivity contribution in [3.8, 4) is 0 Å². The normalized spacial score (nSPS) is 19.0. The lowest BCUT2D eigenvalue weighted by Crippen LogP contribution is -2.24. The minimum absolute atomic E-state index is 0.332. The van der Waals surface area contributed by atoms with Gasteiger partial charge in [-0.15, -0.1) is 0 Å². The van der Waals surface area contributed by atoms with Gasteiger partial charge in [0.1, 0.15) is 0 Å². The van der Waals surface area contributed by atoms with Crippen LogP contribution in [0.3, 0.4) is 0 Å². The van der Waals surface area contributed by atoms with Gasteiger partial charge in [0, 0.05) is 0 Å². The Labute approximate surface area is 113 Å². The minimum Gasteiger partial charge on any atom is -0.368 e. The van der Waals surface area contributed by atoms with E-state index in [1.165, 1.54) is 57.8 Å². The van der Waals surface area contributed by atoms with Crippen molar-refractivity contribution in [2.24, 2.45) is 0 Å². The van der Waals surface area contributed by atoms with Gasteiger partial charge in [0.05, 0.1) is 6.10 Å². The monoisotopic (exact) mass is 256 g/mol. The molecule has 1 atom stereocenters. The first-order valence-corrected chi connectivity index (χ1v) is 8.16. The second-order valence-corrected chi connectivity index (χ2v) is 5.76. The molecule has 0 aromatic heterocycles. The molecule has 1 rings (SSSR count). The Hall–Kier alpha value is -0.0800. The summed E-state index contributed by atoms with van der Waals surface area (Å²) in [5.41, 5.74) is 0. The number of hydrogen-bond acceptors (Lipinski definition) is 2. The van der Waals surface area contributed by atoms with Gasteiger partial charge in [-0.1, -0.05) is 64.7 Å². The van der Waals surface area contributed by atoms with Crippen LogP contribution >= 0.6 is 0 Å². The van der Waals surface area contributed by atoms with Crippen molar-refractivity contribution in [2.45, 2.75) is 103 Å². The summed E-state index contributed by atoms with van der Waals surface area (Å²) in [6.45, 7) is 2.25. The van der Waals surface area contributed by atoms with Crippen molar-refractivity contribution in [1.29, 1.82) is 0 Å². The van der Waals surface area contributed by atoms with E-state index < -0.39 is 6.29 Å². The largest absolute Gasteiger partial charge is 0.368 e. The van der Waals surface area contributed by atoms with E-state index in [-0.39, 0.29) is 0 Å². The second kappa shape index (κ2) is 10.8. The number of aliphatic hydroxyl groups is 1. The summed E-state index contributed by atoms with van der Waals surface area (Å²) < 4.78 is 5.69. The number of hydrogen-bond donors (Lipinski definition) is 1. The summed E-state index contributed by atoms with van der Waals surface area (Å²) in [5.74, 6) is 0. The van der Waals surface area contributed by atoms with Gasteiger partial charge in [0.25, 0.3) is 0 Å². The van der Waals surface area contributed by atoms with Crippen LogP contribution in [-0.4, -0.2) is 17.5 Å². The van der Waals surface area contributed by atoms with Gasteiger partial charge in [-0.2, -0.15) is 0 Å². The predicted molar refractivity (Wildman–Crippen MR) is 76.6 cm³/mol. The Bertz CT molecular complexity index is 176. The highest BCUT2D eigenvalue weighted by atomic mass is 16.6. The van der Waals surface area contributed by atoms with Gasteiger partial charge in [-0.3, -0.25) is 0 Å². The van der Waals surface area contributed by atoms with Gasteiger partial charge in [0.2, 0.25) is 0 Å². The number of ether oxygens (including phenoxy) is 1. The average Bonchev–Trinajstić information content (AvgIpc) is 2.39. The van der Waals surface area contributed by atoms with E-state index in [0.717, 1.165) is 25.7 Å². The van der Waals surface area contributed by atoms with Gasteiger partial charge in [0.15, 0.2) is 6.29 Å². The molecule has 2 heteroatoms. The molecule has 2 nitrogen and oxygen atoms in total. The Balaban J connectivity index is 1.88. The molecule has 0 radical (unpaired) electrons. The molecule has 1 N–H and O–H groups in total. The van der Waals surface area contributed by atoms with E-state index in [9.17, 15) is 5.11 Å². The molecule has 18 heavy (non-hydrogen) atoms. The molecule has 0 aromatic rings. The highest BCUT2D eigenvalue weighted by Gasteiger charge is 2.17. The highest BCUT2D eigenvalue weighted by molar-refractivity contribution is 4.65. The number of rotatable bonds is 10. The Morgan fingerprint density at radius 1 is 0.944 bits per heavy atom. The molecule has 0 aromatic carbocycles. The summed E-state index contributed by atoms with van der Waals surface area (Å²) in [6.07, 6.45) is 15.9. The number of unbranched alkanes of at least 4 members (excludes halogenated alkanes) is 6. The second-order valence-electron chi connectivity index (χ2n) is 5.76. The Morgan fingerprint density at radius 3 is 2.22 bits per heavy atom. The lowest BCUT2D eigenvalue weighted by atomic mass is 9.98. The maximum atomic E-state index is 9.82. The van der Waals surface area contributed by atoms with Crippen LogP contribution in [-0.2, 0) is 4.74 Å².